The van der Waals surface area contributed by atoms with Gasteiger partial charge in [-0.3, -0.25) is 4.79 Å². The molecule has 0 heterocycles. The topological polar surface area (TPSA) is 105 Å². The van der Waals surface area contributed by atoms with Crippen LogP contribution in [-0.2, 0) is 19.4 Å². The first-order chi connectivity index (χ1) is 9.34. The molecule has 0 saturated carbocycles. The van der Waals surface area contributed by atoms with Gasteiger partial charge in [0.2, 0.25) is 5.91 Å². The van der Waals surface area contributed by atoms with Gasteiger partial charge in [0, 0.05) is 19.9 Å². The van der Waals surface area contributed by atoms with E-state index in [0.29, 0.717) is 13.2 Å². The number of anilines is 1. The maximum atomic E-state index is 11.6. The van der Waals surface area contributed by atoms with Gasteiger partial charge in [-0.15, -0.1) is 0 Å². The molecule has 0 aliphatic carbocycles. The molecule has 0 radical (unpaired) electrons. The zero-order valence-corrected chi connectivity index (χ0v) is 12.2. The Hall–Kier alpha value is -1.64. The summed E-state index contributed by atoms with van der Waals surface area (Å²) in [6.45, 7) is 1.02. The highest BCUT2D eigenvalue weighted by Gasteiger charge is 2.12. The first kappa shape index (κ1) is 16.4. The van der Waals surface area contributed by atoms with Gasteiger partial charge in [0.05, 0.1) is 23.7 Å². The molecule has 0 bridgehead atoms. The van der Waals surface area contributed by atoms with E-state index in [9.17, 15) is 18.3 Å². The van der Waals surface area contributed by atoms with Gasteiger partial charge in [0.25, 0.3) is 0 Å². The Morgan fingerprint density at radius 1 is 1.40 bits per heavy atom. The molecule has 3 N–H and O–H groups in total. The number of ether oxygens (including phenoxy) is 1. The molecule has 0 atom stereocenters. The summed E-state index contributed by atoms with van der Waals surface area (Å²) < 4.78 is 27.6. The van der Waals surface area contributed by atoms with Crippen molar-refractivity contribution in [3.63, 3.8) is 0 Å². The summed E-state index contributed by atoms with van der Waals surface area (Å²) in [6.07, 6.45) is 1.05. The van der Waals surface area contributed by atoms with Crippen molar-refractivity contribution in [3.8, 4) is 5.75 Å². The Morgan fingerprint density at radius 2 is 2.10 bits per heavy atom. The third-order valence-electron chi connectivity index (χ3n) is 2.44. The number of benzene rings is 1. The number of methoxy groups -OCH3 is 1. The van der Waals surface area contributed by atoms with Crippen LogP contribution in [0.1, 0.15) is 0 Å². The van der Waals surface area contributed by atoms with Gasteiger partial charge in [0.15, 0.2) is 9.84 Å². The van der Waals surface area contributed by atoms with E-state index in [-0.39, 0.29) is 28.8 Å². The lowest BCUT2D eigenvalue weighted by Gasteiger charge is -2.09. The molecule has 0 spiro atoms. The summed E-state index contributed by atoms with van der Waals surface area (Å²) in [5, 5.41) is 14.9. The summed E-state index contributed by atoms with van der Waals surface area (Å²) in [7, 11) is -1.84. The van der Waals surface area contributed by atoms with E-state index in [4.69, 9.17) is 4.74 Å². The quantitative estimate of drug-likeness (QED) is 0.482. The maximum absolute atomic E-state index is 11.6. The molecule has 7 nitrogen and oxygen atoms in total. The molecule has 1 aromatic carbocycles. The van der Waals surface area contributed by atoms with Gasteiger partial charge in [-0.25, -0.2) is 8.42 Å². The van der Waals surface area contributed by atoms with Crippen LogP contribution in [0.4, 0.5) is 5.69 Å². The van der Waals surface area contributed by atoms with Crippen LogP contribution in [0.25, 0.3) is 0 Å². The van der Waals surface area contributed by atoms with Gasteiger partial charge in [0.1, 0.15) is 5.75 Å². The van der Waals surface area contributed by atoms with Crippen molar-refractivity contribution in [1.29, 1.82) is 0 Å². The fourth-order valence-corrected chi connectivity index (χ4v) is 2.06. The number of phenolic OH excluding ortho intramolecular Hbond substituents is 1. The number of hydrogen-bond acceptors (Lipinski definition) is 6. The van der Waals surface area contributed by atoms with E-state index in [2.05, 4.69) is 10.6 Å². The van der Waals surface area contributed by atoms with E-state index in [1.54, 1.807) is 7.11 Å². The van der Waals surface area contributed by atoms with Gasteiger partial charge < -0.3 is 20.5 Å². The molecular formula is C12H18N2O5S. The predicted molar refractivity (Wildman–Crippen MR) is 74.6 cm³/mol. The van der Waals surface area contributed by atoms with Crippen LogP contribution >= 0.6 is 0 Å². The van der Waals surface area contributed by atoms with Crippen molar-refractivity contribution < 1.29 is 23.1 Å². The number of rotatable bonds is 7. The van der Waals surface area contributed by atoms with Crippen molar-refractivity contribution in [2.75, 3.05) is 38.4 Å². The summed E-state index contributed by atoms with van der Waals surface area (Å²) >= 11 is 0. The Kier molecular flexibility index (Phi) is 5.93. The standard InChI is InChI=1S/C12H18N2O5S/c1-19-6-5-13-8-12(16)14-10-7-9(20(2,17)18)3-4-11(10)15/h3-4,7,13,15H,5-6,8H2,1-2H3,(H,14,16). The number of carbonyl (C=O) groups is 1. The minimum absolute atomic E-state index is 0.0259. The minimum atomic E-state index is -3.40. The van der Waals surface area contributed by atoms with E-state index >= 15 is 0 Å². The second-order valence-corrected chi connectivity index (χ2v) is 6.18. The fraction of sp³-hybridized carbons (Fsp3) is 0.417. The Labute approximate surface area is 117 Å². The second kappa shape index (κ2) is 7.22. The monoisotopic (exact) mass is 302 g/mol. The van der Waals surface area contributed by atoms with Gasteiger partial charge >= 0.3 is 0 Å². The normalized spacial score (nSPS) is 11.3. The molecule has 1 aromatic rings. The van der Waals surface area contributed by atoms with Crippen LogP contribution in [0.3, 0.4) is 0 Å². The molecule has 0 aliphatic rings. The smallest absolute Gasteiger partial charge is 0.238 e. The number of phenols is 1. The number of hydrogen-bond donors (Lipinski definition) is 3. The summed E-state index contributed by atoms with van der Waals surface area (Å²) in [5.41, 5.74) is 0.0615. The average Bonchev–Trinajstić information content (AvgIpc) is 2.36. The molecule has 0 aromatic heterocycles. The van der Waals surface area contributed by atoms with Gasteiger partial charge in [-0.2, -0.15) is 0 Å². The van der Waals surface area contributed by atoms with Crippen molar-refractivity contribution >= 4 is 21.4 Å². The summed E-state index contributed by atoms with van der Waals surface area (Å²) in [6, 6.07) is 3.72. The van der Waals surface area contributed by atoms with E-state index < -0.39 is 9.84 Å². The highest BCUT2D eigenvalue weighted by atomic mass is 32.2. The molecule has 20 heavy (non-hydrogen) atoms. The highest BCUT2D eigenvalue weighted by molar-refractivity contribution is 7.90. The third-order valence-corrected chi connectivity index (χ3v) is 3.55. The van der Waals surface area contributed by atoms with Crippen molar-refractivity contribution in [1.82, 2.24) is 5.32 Å². The van der Waals surface area contributed by atoms with Crippen molar-refractivity contribution in [3.05, 3.63) is 18.2 Å². The summed E-state index contributed by atoms with van der Waals surface area (Å²) in [4.78, 5) is 11.6. The van der Waals surface area contributed by atoms with Gasteiger partial charge in [-0.1, -0.05) is 0 Å². The lowest BCUT2D eigenvalue weighted by Crippen LogP contribution is -2.30. The Balaban J connectivity index is 2.69. The van der Waals surface area contributed by atoms with E-state index in [1.165, 1.54) is 18.2 Å². The van der Waals surface area contributed by atoms with Crippen LogP contribution in [0, 0.1) is 0 Å². The molecule has 1 rings (SSSR count). The Bertz CT molecular complexity index is 571. The summed E-state index contributed by atoms with van der Waals surface area (Å²) in [5.74, 6) is -0.579. The van der Waals surface area contributed by atoms with E-state index in [0.717, 1.165) is 6.26 Å². The Morgan fingerprint density at radius 3 is 2.70 bits per heavy atom. The van der Waals surface area contributed by atoms with Crippen LogP contribution in [0.2, 0.25) is 0 Å². The molecular weight excluding hydrogens is 284 g/mol. The first-order valence-corrected chi connectivity index (χ1v) is 7.76. The van der Waals surface area contributed by atoms with Gasteiger partial charge in [-0.05, 0) is 18.2 Å². The van der Waals surface area contributed by atoms with Crippen molar-refractivity contribution in [2.45, 2.75) is 4.90 Å². The van der Waals surface area contributed by atoms with E-state index in [1.807, 2.05) is 0 Å². The number of sulfone groups is 1. The van der Waals surface area contributed by atoms with Crippen molar-refractivity contribution in [2.24, 2.45) is 0 Å². The lowest BCUT2D eigenvalue weighted by atomic mass is 10.3. The van der Waals surface area contributed by atoms with Crippen LogP contribution in [0.5, 0.6) is 5.75 Å². The molecule has 112 valence electrons. The average molecular weight is 302 g/mol. The number of amides is 1. The second-order valence-electron chi connectivity index (χ2n) is 4.17. The zero-order chi connectivity index (χ0) is 15.2. The first-order valence-electron chi connectivity index (χ1n) is 5.87. The molecule has 0 saturated heterocycles. The third kappa shape index (κ3) is 5.16. The number of carbonyl (C=O) groups excluding carboxylic acids is 1. The highest BCUT2D eigenvalue weighted by Crippen LogP contribution is 2.26. The number of nitrogens with one attached hydrogen (secondary N) is 2. The largest absolute Gasteiger partial charge is 0.506 e. The fourth-order valence-electron chi connectivity index (χ4n) is 1.42. The molecule has 8 heteroatoms. The molecule has 1 amide bonds. The lowest BCUT2D eigenvalue weighted by molar-refractivity contribution is -0.115. The molecule has 0 unspecified atom stereocenters. The minimum Gasteiger partial charge on any atom is -0.506 e. The SMILES string of the molecule is COCCNCC(=O)Nc1cc(S(C)(=O)=O)ccc1O. The van der Waals surface area contributed by atoms with Crippen LogP contribution < -0.4 is 10.6 Å². The maximum Gasteiger partial charge on any atom is 0.238 e. The van der Waals surface area contributed by atoms with Crippen LogP contribution in [0.15, 0.2) is 23.1 Å². The molecule has 0 fully saturated rings. The predicted octanol–water partition coefficient (Wildman–Crippen LogP) is -0.0298. The van der Waals surface area contributed by atoms with Crippen LogP contribution in [-0.4, -0.2) is 52.5 Å². The zero-order valence-electron chi connectivity index (χ0n) is 11.3. The molecule has 0 aliphatic heterocycles. The number of aromatic hydroxyl groups is 1.